The topological polar surface area (TPSA) is 54.3 Å². The van der Waals surface area contributed by atoms with E-state index < -0.39 is 0 Å². The number of hydrogen-bond donors (Lipinski definition) is 2. The van der Waals surface area contributed by atoms with Gasteiger partial charge in [-0.15, -0.1) is 0 Å². The number of thiol groups is 1. The second-order valence-corrected chi connectivity index (χ2v) is 8.82. The average Bonchev–Trinajstić information content (AvgIpc) is 2.90. The van der Waals surface area contributed by atoms with Gasteiger partial charge in [0.1, 0.15) is 5.56 Å². The van der Waals surface area contributed by atoms with Gasteiger partial charge in [0, 0.05) is 36.5 Å². The molecule has 2 saturated heterocycles. The first-order valence-corrected chi connectivity index (χ1v) is 10.9. The fraction of sp³-hybridized carbons (Fsp3) is 0.545. The predicted molar refractivity (Wildman–Crippen MR) is 116 cm³/mol. The van der Waals surface area contributed by atoms with Crippen molar-refractivity contribution in [3.05, 3.63) is 46.2 Å². The Kier molecular flexibility index (Phi) is 5.52. The zero-order valence-electron chi connectivity index (χ0n) is 16.6. The summed E-state index contributed by atoms with van der Waals surface area (Å²) in [6.45, 7) is 4.97. The number of para-hydroxylation sites is 1. The van der Waals surface area contributed by atoms with Crippen LogP contribution in [0.5, 0.6) is 0 Å². The number of pyridine rings is 1. The van der Waals surface area contributed by atoms with Crippen LogP contribution in [-0.4, -0.2) is 45.8 Å². The molecule has 150 valence electrons. The number of hydrogen-bond acceptors (Lipinski definition) is 4. The van der Waals surface area contributed by atoms with Crippen molar-refractivity contribution in [2.24, 2.45) is 0 Å². The SMILES string of the molecule is CC(C)n1c(=O)c(C(=O)NC2C[C@H]3CC[C@@H](C2)N3CCS)cc2ccccc21. The zero-order chi connectivity index (χ0) is 19.8. The maximum absolute atomic E-state index is 13.1. The molecule has 1 aromatic heterocycles. The molecular formula is C22H29N3O2S. The number of aromatic nitrogens is 1. The number of rotatable bonds is 5. The Morgan fingerprint density at radius 1 is 1.21 bits per heavy atom. The van der Waals surface area contributed by atoms with E-state index in [1.165, 1.54) is 12.8 Å². The van der Waals surface area contributed by atoms with Gasteiger partial charge in [-0.3, -0.25) is 14.5 Å². The lowest BCUT2D eigenvalue weighted by Gasteiger charge is -2.39. The Hall–Kier alpha value is -1.79. The molecular weight excluding hydrogens is 370 g/mol. The molecule has 2 fully saturated rings. The lowest BCUT2D eigenvalue weighted by Crippen LogP contribution is -2.51. The van der Waals surface area contributed by atoms with Crippen LogP contribution in [0.3, 0.4) is 0 Å². The Balaban J connectivity index is 1.59. The zero-order valence-corrected chi connectivity index (χ0v) is 17.5. The third kappa shape index (κ3) is 3.48. The van der Waals surface area contributed by atoms with E-state index in [4.69, 9.17) is 0 Å². The van der Waals surface area contributed by atoms with Gasteiger partial charge >= 0.3 is 0 Å². The van der Waals surface area contributed by atoms with Crippen molar-refractivity contribution >= 4 is 29.4 Å². The summed E-state index contributed by atoms with van der Waals surface area (Å²) in [5, 5.41) is 4.09. The van der Waals surface area contributed by atoms with Crippen LogP contribution >= 0.6 is 12.6 Å². The number of nitrogens with one attached hydrogen (secondary N) is 1. The minimum Gasteiger partial charge on any atom is -0.349 e. The quantitative estimate of drug-likeness (QED) is 0.759. The number of carbonyl (C=O) groups excluding carboxylic acids is 1. The Morgan fingerprint density at radius 2 is 1.89 bits per heavy atom. The second-order valence-electron chi connectivity index (χ2n) is 8.37. The molecule has 0 saturated carbocycles. The summed E-state index contributed by atoms with van der Waals surface area (Å²) in [5.74, 6) is 0.632. The molecule has 0 aliphatic carbocycles. The Bertz CT molecular complexity index is 925. The smallest absolute Gasteiger partial charge is 0.264 e. The summed E-state index contributed by atoms with van der Waals surface area (Å²) in [6, 6.07) is 10.7. The highest BCUT2D eigenvalue weighted by atomic mass is 32.1. The molecule has 4 rings (SSSR count). The maximum Gasteiger partial charge on any atom is 0.264 e. The van der Waals surface area contributed by atoms with E-state index in [1.54, 1.807) is 10.6 Å². The van der Waals surface area contributed by atoms with Gasteiger partial charge in [-0.1, -0.05) is 18.2 Å². The predicted octanol–water partition coefficient (Wildman–Crippen LogP) is 3.24. The summed E-state index contributed by atoms with van der Waals surface area (Å²) in [4.78, 5) is 28.7. The molecule has 2 aliphatic rings. The van der Waals surface area contributed by atoms with Crippen LogP contribution in [0.2, 0.25) is 0 Å². The van der Waals surface area contributed by atoms with Crippen LogP contribution in [0, 0.1) is 0 Å². The van der Waals surface area contributed by atoms with E-state index in [-0.39, 0.29) is 29.1 Å². The molecule has 1 unspecified atom stereocenters. The molecule has 5 nitrogen and oxygen atoms in total. The first-order valence-electron chi connectivity index (χ1n) is 10.3. The Labute approximate surface area is 171 Å². The summed E-state index contributed by atoms with van der Waals surface area (Å²) in [5.41, 5.74) is 0.913. The number of benzene rings is 1. The molecule has 1 amide bonds. The lowest BCUT2D eigenvalue weighted by atomic mass is 9.97. The van der Waals surface area contributed by atoms with E-state index in [1.807, 2.05) is 38.1 Å². The van der Waals surface area contributed by atoms with Crippen molar-refractivity contribution in [1.29, 1.82) is 0 Å². The summed E-state index contributed by atoms with van der Waals surface area (Å²) < 4.78 is 1.73. The van der Waals surface area contributed by atoms with Crippen molar-refractivity contribution in [2.75, 3.05) is 12.3 Å². The highest BCUT2D eigenvalue weighted by Gasteiger charge is 2.40. The van der Waals surface area contributed by atoms with Crippen LogP contribution < -0.4 is 10.9 Å². The molecule has 2 bridgehead atoms. The standard InChI is InChI=1S/C22H29N3O2S/c1-14(2)25-20-6-4-3-5-15(20)11-19(22(25)27)21(26)23-16-12-17-7-8-18(13-16)24(17)9-10-28/h3-6,11,14,16-18,28H,7-10,12-13H2,1-2H3,(H,23,26)/t16?,17-,18+. The van der Waals surface area contributed by atoms with Crippen molar-refractivity contribution in [1.82, 2.24) is 14.8 Å². The molecule has 2 aliphatic heterocycles. The number of amides is 1. The number of fused-ring (bicyclic) bond motifs is 3. The van der Waals surface area contributed by atoms with Gasteiger partial charge in [0.2, 0.25) is 0 Å². The number of carbonyl (C=O) groups is 1. The molecule has 0 spiro atoms. The monoisotopic (exact) mass is 399 g/mol. The van der Waals surface area contributed by atoms with Crippen molar-refractivity contribution in [3.63, 3.8) is 0 Å². The van der Waals surface area contributed by atoms with Crippen molar-refractivity contribution in [2.45, 2.75) is 63.7 Å². The number of piperidine rings is 1. The lowest BCUT2D eigenvalue weighted by molar-refractivity contribution is 0.0857. The molecule has 1 aromatic carbocycles. The third-order valence-corrected chi connectivity index (χ3v) is 6.48. The van der Waals surface area contributed by atoms with Crippen LogP contribution in [0.1, 0.15) is 55.9 Å². The number of nitrogens with zero attached hydrogens (tertiary/aromatic N) is 2. The molecule has 2 aromatic rings. The fourth-order valence-corrected chi connectivity index (χ4v) is 5.33. The summed E-state index contributed by atoms with van der Waals surface area (Å²) >= 11 is 4.38. The molecule has 28 heavy (non-hydrogen) atoms. The average molecular weight is 400 g/mol. The normalized spacial score (nSPS) is 24.8. The largest absolute Gasteiger partial charge is 0.349 e. The first-order chi connectivity index (χ1) is 13.5. The van der Waals surface area contributed by atoms with Gasteiger partial charge in [-0.2, -0.15) is 12.6 Å². The van der Waals surface area contributed by atoms with E-state index >= 15 is 0 Å². The van der Waals surface area contributed by atoms with Crippen LogP contribution in [0.25, 0.3) is 10.9 Å². The highest BCUT2D eigenvalue weighted by Crippen LogP contribution is 2.35. The second kappa shape index (κ2) is 7.91. The third-order valence-electron chi connectivity index (χ3n) is 6.28. The molecule has 0 radical (unpaired) electrons. The van der Waals surface area contributed by atoms with Gasteiger partial charge in [0.05, 0.1) is 5.52 Å². The minimum absolute atomic E-state index is 0.00883. The van der Waals surface area contributed by atoms with E-state index in [0.717, 1.165) is 36.0 Å². The van der Waals surface area contributed by atoms with E-state index in [0.29, 0.717) is 12.1 Å². The maximum atomic E-state index is 13.1. The van der Waals surface area contributed by atoms with Gasteiger partial charge in [0.15, 0.2) is 0 Å². The molecule has 3 atom stereocenters. The van der Waals surface area contributed by atoms with Crippen LogP contribution in [0.4, 0.5) is 0 Å². The molecule has 3 heterocycles. The fourth-order valence-electron chi connectivity index (χ4n) is 5.10. The highest BCUT2D eigenvalue weighted by molar-refractivity contribution is 7.80. The van der Waals surface area contributed by atoms with Crippen LogP contribution in [0.15, 0.2) is 35.1 Å². The van der Waals surface area contributed by atoms with Crippen LogP contribution in [-0.2, 0) is 0 Å². The van der Waals surface area contributed by atoms with Gasteiger partial charge < -0.3 is 9.88 Å². The summed E-state index contributed by atoms with van der Waals surface area (Å²) in [7, 11) is 0. The molecule has 6 heteroatoms. The van der Waals surface area contributed by atoms with E-state index in [9.17, 15) is 9.59 Å². The van der Waals surface area contributed by atoms with Gasteiger partial charge in [-0.05, 0) is 57.0 Å². The Morgan fingerprint density at radius 3 is 2.54 bits per heavy atom. The van der Waals surface area contributed by atoms with Gasteiger partial charge in [0.25, 0.3) is 11.5 Å². The van der Waals surface area contributed by atoms with E-state index in [2.05, 4.69) is 22.8 Å². The minimum atomic E-state index is -0.239. The van der Waals surface area contributed by atoms with Gasteiger partial charge in [-0.25, -0.2) is 0 Å². The van der Waals surface area contributed by atoms with Crippen molar-refractivity contribution in [3.8, 4) is 0 Å². The summed E-state index contributed by atoms with van der Waals surface area (Å²) in [6.07, 6.45) is 4.31. The van der Waals surface area contributed by atoms with Crippen molar-refractivity contribution < 1.29 is 4.79 Å². The first kappa shape index (κ1) is 19.5. The molecule has 1 N–H and O–H groups in total.